The topological polar surface area (TPSA) is 100 Å². The van der Waals surface area contributed by atoms with Gasteiger partial charge < -0.3 is 19.9 Å². The Labute approximate surface area is 219 Å². The summed E-state index contributed by atoms with van der Waals surface area (Å²) in [6.45, 7) is 8.49. The highest BCUT2D eigenvalue weighted by Crippen LogP contribution is 2.21. The third-order valence-electron chi connectivity index (χ3n) is 6.12. The van der Waals surface area contributed by atoms with Crippen molar-refractivity contribution in [3.05, 3.63) is 71.8 Å². The van der Waals surface area contributed by atoms with Crippen molar-refractivity contribution in [1.82, 2.24) is 10.2 Å². The number of nitrogens with zero attached hydrogens (tertiary/aromatic N) is 2. The van der Waals surface area contributed by atoms with E-state index in [2.05, 4.69) is 10.3 Å². The predicted molar refractivity (Wildman–Crippen MR) is 143 cm³/mol. The zero-order valence-corrected chi connectivity index (χ0v) is 22.2. The first-order valence-corrected chi connectivity index (χ1v) is 12.9. The normalized spacial score (nSPS) is 15.9. The van der Waals surface area contributed by atoms with E-state index in [0.29, 0.717) is 25.9 Å². The lowest BCUT2D eigenvalue weighted by atomic mass is 10.0. The molecule has 2 aromatic carbocycles. The molecule has 0 radical (unpaired) electrons. The molecule has 200 valence electrons. The first kappa shape index (κ1) is 28.2. The molecule has 2 N–H and O–H groups in total. The van der Waals surface area contributed by atoms with Crippen LogP contribution in [0.3, 0.4) is 0 Å². The van der Waals surface area contributed by atoms with E-state index < -0.39 is 29.8 Å². The number of aryl methyl sites for hydroxylation is 1. The van der Waals surface area contributed by atoms with Crippen molar-refractivity contribution < 1.29 is 24.2 Å². The molecular weight excluding hydrogens is 470 g/mol. The first-order valence-electron chi connectivity index (χ1n) is 12.9. The third kappa shape index (κ3) is 8.89. The van der Waals surface area contributed by atoms with Crippen LogP contribution in [0.4, 0.5) is 9.59 Å². The van der Waals surface area contributed by atoms with Crippen LogP contribution in [0.25, 0.3) is 0 Å². The molecule has 8 nitrogen and oxygen atoms in total. The molecule has 8 heteroatoms. The van der Waals surface area contributed by atoms with Gasteiger partial charge in [0.25, 0.3) is 0 Å². The Kier molecular flexibility index (Phi) is 10.1. The van der Waals surface area contributed by atoms with E-state index in [4.69, 9.17) is 9.47 Å². The smallest absolute Gasteiger partial charge is 0.418 e. The van der Waals surface area contributed by atoms with Crippen molar-refractivity contribution in [2.45, 2.75) is 71.2 Å². The van der Waals surface area contributed by atoms with Crippen LogP contribution in [-0.4, -0.2) is 58.9 Å². The number of benzene rings is 2. The number of imide groups is 1. The number of aliphatic hydroxyl groups is 1. The van der Waals surface area contributed by atoms with E-state index in [0.717, 1.165) is 16.0 Å². The minimum atomic E-state index is -1.15. The van der Waals surface area contributed by atoms with Crippen LogP contribution >= 0.6 is 0 Å². The van der Waals surface area contributed by atoms with Crippen LogP contribution in [-0.2, 0) is 22.5 Å². The number of ether oxygens (including phenoxy) is 2. The molecule has 0 saturated heterocycles. The highest BCUT2D eigenvalue weighted by atomic mass is 16.6. The minimum absolute atomic E-state index is 0.0604. The molecule has 3 amide bonds. The van der Waals surface area contributed by atoms with Crippen LogP contribution in [0.1, 0.15) is 51.7 Å². The summed E-state index contributed by atoms with van der Waals surface area (Å²) in [7, 11) is 0. The Balaban J connectivity index is 1.74. The van der Waals surface area contributed by atoms with E-state index in [-0.39, 0.29) is 25.0 Å². The second-order valence-corrected chi connectivity index (χ2v) is 10.5. The number of urea groups is 1. The zero-order valence-electron chi connectivity index (χ0n) is 22.2. The fourth-order valence-corrected chi connectivity index (χ4v) is 3.91. The van der Waals surface area contributed by atoms with Gasteiger partial charge in [0.2, 0.25) is 5.90 Å². The average Bonchev–Trinajstić information content (AvgIpc) is 3.25. The van der Waals surface area contributed by atoms with Gasteiger partial charge in [-0.3, -0.25) is 0 Å². The molecule has 1 aliphatic rings. The van der Waals surface area contributed by atoms with Crippen LogP contribution in [0.5, 0.6) is 0 Å². The van der Waals surface area contributed by atoms with Crippen LogP contribution in [0.15, 0.2) is 65.7 Å². The van der Waals surface area contributed by atoms with Gasteiger partial charge in [0.1, 0.15) is 19.3 Å². The number of aliphatic hydroxyl groups excluding tert-OH is 1. The van der Waals surface area contributed by atoms with E-state index >= 15 is 0 Å². The molecule has 1 heterocycles. The Morgan fingerprint density at radius 1 is 1.05 bits per heavy atom. The average molecular weight is 510 g/mol. The lowest BCUT2D eigenvalue weighted by Crippen LogP contribution is -2.53. The second kappa shape index (κ2) is 13.2. The molecule has 0 fully saturated rings. The van der Waals surface area contributed by atoms with Crippen LogP contribution in [0, 0.1) is 5.92 Å². The molecule has 0 saturated carbocycles. The Hall–Kier alpha value is -3.39. The summed E-state index contributed by atoms with van der Waals surface area (Å²) >= 11 is 0. The maximum Gasteiger partial charge on any atom is 0.418 e. The van der Waals surface area contributed by atoms with Gasteiger partial charge in [-0.2, -0.15) is 0 Å². The van der Waals surface area contributed by atoms with E-state index in [1.807, 2.05) is 88.4 Å². The number of carbonyl (C=O) groups excluding carboxylic acids is 2. The number of hydrogen-bond acceptors (Lipinski definition) is 6. The number of carbonyl (C=O) groups is 2. The summed E-state index contributed by atoms with van der Waals surface area (Å²) in [5, 5.41) is 14.0. The molecule has 2 aromatic rings. The van der Waals surface area contributed by atoms with E-state index in [9.17, 15) is 14.7 Å². The number of nitrogens with one attached hydrogen (secondary N) is 1. The molecular formula is C29H39N3O5. The van der Waals surface area contributed by atoms with Gasteiger partial charge in [-0.25, -0.2) is 19.5 Å². The highest BCUT2D eigenvalue weighted by Gasteiger charge is 2.36. The largest absolute Gasteiger partial charge is 0.476 e. The molecule has 37 heavy (non-hydrogen) atoms. The summed E-state index contributed by atoms with van der Waals surface area (Å²) in [6, 6.07) is 17.8. The van der Waals surface area contributed by atoms with Crippen molar-refractivity contribution in [1.29, 1.82) is 0 Å². The first-order chi connectivity index (χ1) is 17.6. The highest BCUT2D eigenvalue weighted by molar-refractivity contribution is 5.92. The maximum absolute atomic E-state index is 13.4. The fourth-order valence-electron chi connectivity index (χ4n) is 3.91. The number of amides is 3. The van der Waals surface area contributed by atoms with Gasteiger partial charge in [-0.15, -0.1) is 0 Å². The van der Waals surface area contributed by atoms with Gasteiger partial charge in [0.15, 0.2) is 0 Å². The molecule has 3 rings (SSSR count). The molecule has 2 atom stereocenters. The Bertz CT molecular complexity index is 1040. The van der Waals surface area contributed by atoms with Crippen molar-refractivity contribution in [2.75, 3.05) is 13.2 Å². The predicted octanol–water partition coefficient (Wildman–Crippen LogP) is 4.95. The zero-order chi connectivity index (χ0) is 26.8. The van der Waals surface area contributed by atoms with Gasteiger partial charge in [0.05, 0.1) is 11.6 Å². The summed E-state index contributed by atoms with van der Waals surface area (Å²) in [5.74, 6) is 0.476. The van der Waals surface area contributed by atoms with Gasteiger partial charge in [-0.1, -0.05) is 74.5 Å². The minimum Gasteiger partial charge on any atom is -0.476 e. The lowest BCUT2D eigenvalue weighted by Gasteiger charge is -2.28. The lowest BCUT2D eigenvalue weighted by molar-refractivity contribution is 0.0978. The maximum atomic E-state index is 13.4. The second-order valence-electron chi connectivity index (χ2n) is 10.5. The molecule has 0 bridgehead atoms. The van der Waals surface area contributed by atoms with Crippen molar-refractivity contribution in [2.24, 2.45) is 10.9 Å². The summed E-state index contributed by atoms with van der Waals surface area (Å²) in [5.41, 5.74) is 1.45. The van der Waals surface area contributed by atoms with Crippen LogP contribution in [0.2, 0.25) is 0 Å². The van der Waals surface area contributed by atoms with Gasteiger partial charge >= 0.3 is 12.1 Å². The summed E-state index contributed by atoms with van der Waals surface area (Å²) < 4.78 is 11.1. The monoisotopic (exact) mass is 509 g/mol. The number of aliphatic imine (C=N–C) groups is 1. The van der Waals surface area contributed by atoms with E-state index in [1.54, 1.807) is 0 Å². The standard InChI is InChI=1S/C29H39N3O5/c1-21(2)17-18-32(28(35)36-19-23-13-9-6-10-14-23)27(34)30-24(16-15-22-11-7-5-8-12-22)25(33)26-31-29(3,4)20-37-26/h5-14,21,24-25,33H,15-20H2,1-4H3,(H,30,34)/t24-,25?/m0/s1. The van der Waals surface area contributed by atoms with Gasteiger partial charge in [0, 0.05) is 6.54 Å². The van der Waals surface area contributed by atoms with Crippen molar-refractivity contribution >= 4 is 18.0 Å². The Morgan fingerprint density at radius 2 is 1.68 bits per heavy atom. The summed E-state index contributed by atoms with van der Waals surface area (Å²) in [6.07, 6.45) is -0.216. The van der Waals surface area contributed by atoms with E-state index in [1.165, 1.54) is 0 Å². The van der Waals surface area contributed by atoms with Crippen molar-refractivity contribution in [3.63, 3.8) is 0 Å². The summed E-state index contributed by atoms with van der Waals surface area (Å²) in [4.78, 5) is 31.9. The van der Waals surface area contributed by atoms with Crippen molar-refractivity contribution in [3.8, 4) is 0 Å². The molecule has 0 aromatic heterocycles. The number of hydrogen-bond donors (Lipinski definition) is 2. The van der Waals surface area contributed by atoms with Gasteiger partial charge in [-0.05, 0) is 50.2 Å². The quantitative estimate of drug-likeness (QED) is 0.446. The van der Waals surface area contributed by atoms with Crippen LogP contribution < -0.4 is 5.32 Å². The number of rotatable bonds is 11. The fraction of sp³-hybridized carbons (Fsp3) is 0.483. The molecule has 1 aliphatic heterocycles. The molecule has 1 unspecified atom stereocenters. The third-order valence-corrected chi connectivity index (χ3v) is 6.12. The molecule has 0 aliphatic carbocycles. The Morgan fingerprint density at radius 3 is 2.24 bits per heavy atom. The SMILES string of the molecule is CC(C)CCN(C(=O)N[C@@H](CCc1ccccc1)C(O)C1=NC(C)(C)CO1)C(=O)OCc1ccccc1. The molecule has 0 spiro atoms.